The summed E-state index contributed by atoms with van der Waals surface area (Å²) in [5.41, 5.74) is 0.645. The van der Waals surface area contributed by atoms with Crippen molar-refractivity contribution in [3.05, 3.63) is 83.2 Å². The molecule has 32 heavy (non-hydrogen) atoms. The number of ether oxygens (including phenoxy) is 2. The van der Waals surface area contributed by atoms with Crippen LogP contribution >= 0.6 is 0 Å². The Balaban J connectivity index is 1.36. The van der Waals surface area contributed by atoms with Gasteiger partial charge in [0.25, 0.3) is 5.91 Å². The highest BCUT2D eigenvalue weighted by Crippen LogP contribution is 2.26. The minimum absolute atomic E-state index is 0.329. The predicted octanol–water partition coefficient (Wildman–Crippen LogP) is 3.92. The number of rotatable bonds is 7. The summed E-state index contributed by atoms with van der Waals surface area (Å²) in [7, 11) is 0. The lowest BCUT2D eigenvalue weighted by molar-refractivity contribution is -0.149. The van der Waals surface area contributed by atoms with Crippen molar-refractivity contribution in [1.82, 2.24) is 0 Å². The number of nitrogens with zero attached hydrogens (tertiary/aromatic N) is 1. The molecule has 1 amide bonds. The Morgan fingerprint density at radius 3 is 2.53 bits per heavy atom. The molecule has 0 unspecified atom stereocenters. The van der Waals surface area contributed by atoms with Gasteiger partial charge in [-0.25, -0.2) is 9.59 Å². The molecule has 0 N–H and O–H groups in total. The molecule has 162 valence electrons. The monoisotopic (exact) mass is 431 g/mol. The first kappa shape index (κ1) is 21.1. The lowest BCUT2D eigenvalue weighted by Crippen LogP contribution is -2.35. The summed E-state index contributed by atoms with van der Waals surface area (Å²) in [4.78, 5) is 37.8. The van der Waals surface area contributed by atoms with Gasteiger partial charge >= 0.3 is 11.6 Å². The minimum atomic E-state index is -0.679. The average molecular weight is 431 g/mol. The molecule has 4 aromatic rings. The zero-order valence-corrected chi connectivity index (χ0v) is 17.4. The van der Waals surface area contributed by atoms with Crippen molar-refractivity contribution in [2.24, 2.45) is 0 Å². The highest BCUT2D eigenvalue weighted by atomic mass is 16.6. The van der Waals surface area contributed by atoms with Gasteiger partial charge in [0.15, 0.2) is 13.2 Å². The summed E-state index contributed by atoms with van der Waals surface area (Å²) in [6.07, 6.45) is 0. The molecule has 0 fully saturated rings. The van der Waals surface area contributed by atoms with Crippen molar-refractivity contribution in [3.8, 4) is 5.75 Å². The lowest BCUT2D eigenvalue weighted by atomic mass is 10.1. The number of carbonyl (C=O) groups is 2. The van der Waals surface area contributed by atoms with Crippen LogP contribution in [-0.2, 0) is 14.3 Å². The van der Waals surface area contributed by atoms with Crippen LogP contribution in [0.3, 0.4) is 0 Å². The maximum Gasteiger partial charge on any atom is 0.344 e. The number of likely N-dealkylation sites (N-methyl/N-ethyl adjacent to an activating group) is 1. The predicted molar refractivity (Wildman–Crippen MR) is 121 cm³/mol. The quantitative estimate of drug-likeness (QED) is 0.326. The second-order valence-corrected chi connectivity index (χ2v) is 7.04. The molecule has 1 aromatic heterocycles. The Bertz CT molecular complexity index is 1340. The molecule has 0 radical (unpaired) electrons. The third-order valence-electron chi connectivity index (χ3n) is 4.98. The second-order valence-electron chi connectivity index (χ2n) is 7.04. The molecule has 0 spiro atoms. The van der Waals surface area contributed by atoms with Crippen LogP contribution in [-0.4, -0.2) is 31.6 Å². The second kappa shape index (κ2) is 9.34. The summed E-state index contributed by atoms with van der Waals surface area (Å²) in [5.74, 6) is -0.660. The SMILES string of the molecule is CCN(C(=O)COC(=O)COc1ccc2ccc(=O)oc2c1)c1cccc2ccccc12. The van der Waals surface area contributed by atoms with Crippen LogP contribution in [0.5, 0.6) is 5.75 Å². The van der Waals surface area contributed by atoms with Gasteiger partial charge in [-0.1, -0.05) is 36.4 Å². The topological polar surface area (TPSA) is 86.0 Å². The van der Waals surface area contributed by atoms with Crippen molar-refractivity contribution < 1.29 is 23.5 Å². The normalized spacial score (nSPS) is 10.8. The van der Waals surface area contributed by atoms with E-state index in [1.807, 2.05) is 49.4 Å². The molecule has 7 nitrogen and oxygen atoms in total. The Hall–Kier alpha value is -4.13. The number of esters is 1. The van der Waals surface area contributed by atoms with Crippen molar-refractivity contribution >= 4 is 39.3 Å². The number of fused-ring (bicyclic) bond motifs is 2. The van der Waals surface area contributed by atoms with E-state index >= 15 is 0 Å². The van der Waals surface area contributed by atoms with Crippen molar-refractivity contribution in [3.63, 3.8) is 0 Å². The van der Waals surface area contributed by atoms with E-state index in [9.17, 15) is 14.4 Å². The fraction of sp³-hybridized carbons (Fsp3) is 0.160. The molecule has 7 heteroatoms. The van der Waals surface area contributed by atoms with Gasteiger partial charge in [-0.3, -0.25) is 4.79 Å². The summed E-state index contributed by atoms with van der Waals surface area (Å²) in [6, 6.07) is 21.4. The summed E-state index contributed by atoms with van der Waals surface area (Å²) >= 11 is 0. The average Bonchev–Trinajstić information content (AvgIpc) is 2.81. The molecule has 0 aliphatic carbocycles. The van der Waals surface area contributed by atoms with E-state index < -0.39 is 18.2 Å². The number of hydrogen-bond donors (Lipinski definition) is 0. The van der Waals surface area contributed by atoms with Crippen LogP contribution in [0.2, 0.25) is 0 Å². The van der Waals surface area contributed by atoms with Crippen molar-refractivity contribution in [2.45, 2.75) is 6.92 Å². The fourth-order valence-electron chi connectivity index (χ4n) is 3.46. The van der Waals surface area contributed by atoms with E-state index in [-0.39, 0.29) is 12.5 Å². The Kier molecular flexibility index (Phi) is 6.17. The molecule has 0 saturated heterocycles. The minimum Gasteiger partial charge on any atom is -0.482 e. The molecule has 1 heterocycles. The van der Waals surface area contributed by atoms with Gasteiger partial charge in [-0.2, -0.15) is 0 Å². The molecule has 0 saturated carbocycles. The maximum absolute atomic E-state index is 12.7. The highest BCUT2D eigenvalue weighted by molar-refractivity contribution is 6.04. The first-order valence-corrected chi connectivity index (χ1v) is 10.2. The van der Waals surface area contributed by atoms with E-state index in [0.717, 1.165) is 21.8 Å². The summed E-state index contributed by atoms with van der Waals surface area (Å²) < 4.78 is 15.6. The molecule has 0 aliphatic heterocycles. The van der Waals surface area contributed by atoms with Gasteiger partial charge in [0.2, 0.25) is 0 Å². The summed E-state index contributed by atoms with van der Waals surface area (Å²) in [6.45, 7) is 1.52. The van der Waals surface area contributed by atoms with E-state index in [0.29, 0.717) is 17.9 Å². The van der Waals surface area contributed by atoms with Gasteiger partial charge in [-0.15, -0.1) is 0 Å². The number of anilines is 1. The first-order valence-electron chi connectivity index (χ1n) is 10.2. The van der Waals surface area contributed by atoms with Crippen LogP contribution in [0.4, 0.5) is 5.69 Å². The number of carbonyl (C=O) groups excluding carboxylic acids is 2. The van der Waals surface area contributed by atoms with Crippen LogP contribution in [0.15, 0.2) is 82.0 Å². The van der Waals surface area contributed by atoms with E-state index in [1.165, 1.54) is 12.1 Å². The first-order chi connectivity index (χ1) is 15.5. The Morgan fingerprint density at radius 2 is 1.69 bits per heavy atom. The zero-order chi connectivity index (χ0) is 22.5. The number of benzene rings is 3. The van der Waals surface area contributed by atoms with Crippen LogP contribution in [0.1, 0.15) is 6.92 Å². The van der Waals surface area contributed by atoms with Crippen LogP contribution in [0, 0.1) is 0 Å². The fourth-order valence-corrected chi connectivity index (χ4v) is 3.46. The Morgan fingerprint density at radius 1 is 0.906 bits per heavy atom. The molecular formula is C25H21NO6. The van der Waals surface area contributed by atoms with Gasteiger partial charge < -0.3 is 18.8 Å². The third kappa shape index (κ3) is 4.62. The third-order valence-corrected chi connectivity index (χ3v) is 4.98. The number of hydrogen-bond acceptors (Lipinski definition) is 6. The van der Waals surface area contributed by atoms with Gasteiger partial charge in [-0.05, 0) is 36.6 Å². The molecule has 3 aromatic carbocycles. The smallest absolute Gasteiger partial charge is 0.344 e. The molecule has 4 rings (SSSR count). The Labute approximate surface area is 183 Å². The lowest BCUT2D eigenvalue weighted by Gasteiger charge is -2.22. The van der Waals surface area contributed by atoms with E-state index in [4.69, 9.17) is 13.9 Å². The summed E-state index contributed by atoms with van der Waals surface area (Å²) in [5, 5.41) is 2.70. The maximum atomic E-state index is 12.7. The molecule has 0 atom stereocenters. The zero-order valence-electron chi connectivity index (χ0n) is 17.4. The number of amides is 1. The standard InChI is InChI=1S/C25H21NO6/c1-2-26(21-9-5-7-17-6-3-4-8-20(17)21)23(27)15-31-25(29)16-30-19-12-10-18-11-13-24(28)32-22(18)14-19/h3-14H,2,15-16H2,1H3. The van der Waals surface area contributed by atoms with Gasteiger partial charge in [0.1, 0.15) is 11.3 Å². The van der Waals surface area contributed by atoms with Crippen molar-refractivity contribution in [1.29, 1.82) is 0 Å². The van der Waals surface area contributed by atoms with Crippen LogP contribution < -0.4 is 15.3 Å². The van der Waals surface area contributed by atoms with Crippen LogP contribution in [0.25, 0.3) is 21.7 Å². The molecule has 0 aliphatic rings. The van der Waals surface area contributed by atoms with E-state index in [2.05, 4.69) is 0 Å². The van der Waals surface area contributed by atoms with Crippen molar-refractivity contribution in [2.75, 3.05) is 24.7 Å². The van der Waals surface area contributed by atoms with Gasteiger partial charge in [0, 0.05) is 29.4 Å². The molecular weight excluding hydrogens is 410 g/mol. The highest BCUT2D eigenvalue weighted by Gasteiger charge is 2.18. The van der Waals surface area contributed by atoms with Gasteiger partial charge in [0.05, 0.1) is 5.69 Å². The van der Waals surface area contributed by atoms with E-state index in [1.54, 1.807) is 23.1 Å². The molecule has 0 bridgehead atoms. The largest absolute Gasteiger partial charge is 0.482 e.